The van der Waals surface area contributed by atoms with Crippen molar-refractivity contribution in [1.82, 2.24) is 9.97 Å². The third-order valence-corrected chi connectivity index (χ3v) is 3.94. The van der Waals surface area contributed by atoms with Gasteiger partial charge in [-0.15, -0.1) is 0 Å². The molecule has 0 bridgehead atoms. The molecule has 0 radical (unpaired) electrons. The molecular weight excluding hydrogens is 279 g/mol. The SMILES string of the molecule is NCC1CCc2nc(-c3cccc(C(F)(F)F)c3)[nH]c2C1. The van der Waals surface area contributed by atoms with Crippen LogP contribution in [0.3, 0.4) is 0 Å². The van der Waals surface area contributed by atoms with Gasteiger partial charge in [-0.05, 0) is 43.9 Å². The largest absolute Gasteiger partial charge is 0.416 e. The zero-order valence-electron chi connectivity index (χ0n) is 11.4. The molecule has 1 aliphatic carbocycles. The number of benzene rings is 1. The van der Waals surface area contributed by atoms with Crippen molar-refractivity contribution in [2.75, 3.05) is 6.54 Å². The summed E-state index contributed by atoms with van der Waals surface area (Å²) < 4.78 is 38.3. The summed E-state index contributed by atoms with van der Waals surface area (Å²) in [5.74, 6) is 0.927. The summed E-state index contributed by atoms with van der Waals surface area (Å²) in [6, 6.07) is 5.24. The van der Waals surface area contributed by atoms with Crippen LogP contribution in [-0.4, -0.2) is 16.5 Å². The van der Waals surface area contributed by atoms with Crippen LogP contribution >= 0.6 is 0 Å². The van der Waals surface area contributed by atoms with Gasteiger partial charge in [-0.2, -0.15) is 13.2 Å². The fourth-order valence-electron chi connectivity index (χ4n) is 2.73. The minimum atomic E-state index is -4.34. The second-order valence-corrected chi connectivity index (χ2v) is 5.43. The van der Waals surface area contributed by atoms with Crippen molar-refractivity contribution in [1.29, 1.82) is 0 Å². The predicted octanol–water partition coefficient (Wildman–Crippen LogP) is 3.16. The quantitative estimate of drug-likeness (QED) is 0.894. The molecule has 112 valence electrons. The zero-order chi connectivity index (χ0) is 15.0. The Kier molecular flexibility index (Phi) is 3.49. The molecule has 1 aromatic heterocycles. The Morgan fingerprint density at radius 3 is 2.86 bits per heavy atom. The Bertz CT molecular complexity index is 646. The number of fused-ring (bicyclic) bond motifs is 1. The fraction of sp³-hybridized carbons (Fsp3) is 0.400. The molecule has 21 heavy (non-hydrogen) atoms. The lowest BCUT2D eigenvalue weighted by molar-refractivity contribution is -0.137. The van der Waals surface area contributed by atoms with Crippen LogP contribution < -0.4 is 5.73 Å². The van der Waals surface area contributed by atoms with Crippen molar-refractivity contribution >= 4 is 0 Å². The molecule has 0 aliphatic heterocycles. The lowest BCUT2D eigenvalue weighted by Crippen LogP contribution is -2.22. The number of nitrogens with zero attached hydrogens (tertiary/aromatic N) is 1. The van der Waals surface area contributed by atoms with E-state index in [1.807, 2.05) is 0 Å². The van der Waals surface area contributed by atoms with Gasteiger partial charge in [-0.1, -0.05) is 12.1 Å². The molecule has 6 heteroatoms. The Morgan fingerprint density at radius 1 is 1.33 bits per heavy atom. The summed E-state index contributed by atoms with van der Waals surface area (Å²) in [5, 5.41) is 0. The maximum Gasteiger partial charge on any atom is 0.416 e. The van der Waals surface area contributed by atoms with E-state index in [1.165, 1.54) is 6.07 Å². The number of nitrogens with one attached hydrogen (secondary N) is 1. The number of hydrogen-bond donors (Lipinski definition) is 2. The normalized spacial score (nSPS) is 18.6. The first-order valence-electron chi connectivity index (χ1n) is 6.93. The number of nitrogens with two attached hydrogens (primary N) is 1. The molecule has 1 aliphatic rings. The first-order valence-corrected chi connectivity index (χ1v) is 6.93. The second kappa shape index (κ2) is 5.18. The van der Waals surface area contributed by atoms with Crippen LogP contribution in [0.2, 0.25) is 0 Å². The van der Waals surface area contributed by atoms with Crippen LogP contribution in [0.1, 0.15) is 23.4 Å². The number of hydrogen-bond acceptors (Lipinski definition) is 2. The minimum absolute atomic E-state index is 0.423. The average Bonchev–Trinajstić information content (AvgIpc) is 2.89. The van der Waals surface area contributed by atoms with Gasteiger partial charge in [0.15, 0.2) is 0 Å². The van der Waals surface area contributed by atoms with E-state index in [4.69, 9.17) is 5.73 Å². The Hall–Kier alpha value is -1.82. The van der Waals surface area contributed by atoms with Crippen molar-refractivity contribution in [2.45, 2.75) is 25.4 Å². The second-order valence-electron chi connectivity index (χ2n) is 5.43. The van der Waals surface area contributed by atoms with E-state index in [1.54, 1.807) is 6.07 Å². The summed E-state index contributed by atoms with van der Waals surface area (Å²) >= 11 is 0. The van der Waals surface area contributed by atoms with Gasteiger partial charge < -0.3 is 10.7 Å². The molecule has 2 aromatic rings. The van der Waals surface area contributed by atoms with Gasteiger partial charge in [0.2, 0.25) is 0 Å². The molecule has 1 aromatic carbocycles. The van der Waals surface area contributed by atoms with E-state index in [2.05, 4.69) is 9.97 Å². The summed E-state index contributed by atoms with van der Waals surface area (Å²) in [6.07, 6.45) is -1.71. The van der Waals surface area contributed by atoms with Gasteiger partial charge in [-0.25, -0.2) is 4.98 Å². The standard InChI is InChI=1S/C15H16F3N3/c16-15(17,18)11-3-1-2-10(7-11)14-20-12-5-4-9(8-19)6-13(12)21-14/h1-3,7,9H,4-6,8,19H2,(H,20,21). The summed E-state index contributed by atoms with van der Waals surface area (Å²) in [4.78, 5) is 7.61. The highest BCUT2D eigenvalue weighted by Gasteiger charge is 2.31. The molecule has 0 saturated carbocycles. The average molecular weight is 295 g/mol. The van der Waals surface area contributed by atoms with Crippen molar-refractivity contribution < 1.29 is 13.2 Å². The highest BCUT2D eigenvalue weighted by Crippen LogP contribution is 2.32. The molecule has 0 spiro atoms. The van der Waals surface area contributed by atoms with Crippen LogP contribution in [0.4, 0.5) is 13.2 Å². The molecule has 3 rings (SSSR count). The van der Waals surface area contributed by atoms with Crippen molar-refractivity contribution in [3.05, 3.63) is 41.2 Å². The van der Waals surface area contributed by atoms with Gasteiger partial charge in [0, 0.05) is 11.3 Å². The van der Waals surface area contributed by atoms with Crippen LogP contribution in [0.5, 0.6) is 0 Å². The molecule has 0 fully saturated rings. The van der Waals surface area contributed by atoms with Crippen LogP contribution in [0, 0.1) is 5.92 Å². The summed E-state index contributed by atoms with van der Waals surface area (Å²) in [7, 11) is 0. The van der Waals surface area contributed by atoms with Gasteiger partial charge in [0.1, 0.15) is 5.82 Å². The number of halogens is 3. The lowest BCUT2D eigenvalue weighted by atomic mass is 9.90. The Morgan fingerprint density at radius 2 is 2.14 bits per heavy atom. The minimum Gasteiger partial charge on any atom is -0.342 e. The zero-order valence-corrected chi connectivity index (χ0v) is 11.4. The monoisotopic (exact) mass is 295 g/mol. The third-order valence-electron chi connectivity index (χ3n) is 3.94. The van der Waals surface area contributed by atoms with E-state index in [-0.39, 0.29) is 0 Å². The van der Waals surface area contributed by atoms with Crippen LogP contribution in [0.15, 0.2) is 24.3 Å². The summed E-state index contributed by atoms with van der Waals surface area (Å²) in [6.45, 7) is 0.622. The topological polar surface area (TPSA) is 54.7 Å². The molecule has 3 nitrogen and oxygen atoms in total. The Labute approximate surface area is 120 Å². The number of alkyl halides is 3. The lowest BCUT2D eigenvalue weighted by Gasteiger charge is -2.18. The van der Waals surface area contributed by atoms with E-state index >= 15 is 0 Å². The van der Waals surface area contributed by atoms with Crippen molar-refractivity contribution in [3.8, 4) is 11.4 Å². The van der Waals surface area contributed by atoms with Gasteiger partial charge in [0.05, 0.1) is 11.3 Å². The molecule has 0 amide bonds. The van der Waals surface area contributed by atoms with Crippen molar-refractivity contribution in [3.63, 3.8) is 0 Å². The number of H-pyrrole nitrogens is 1. The third kappa shape index (κ3) is 2.81. The van der Waals surface area contributed by atoms with Crippen LogP contribution in [0.25, 0.3) is 11.4 Å². The van der Waals surface area contributed by atoms with Gasteiger partial charge in [0.25, 0.3) is 0 Å². The van der Waals surface area contributed by atoms with E-state index in [0.29, 0.717) is 23.9 Å². The highest BCUT2D eigenvalue weighted by atomic mass is 19.4. The van der Waals surface area contributed by atoms with E-state index in [0.717, 1.165) is 42.8 Å². The molecule has 1 unspecified atom stereocenters. The van der Waals surface area contributed by atoms with Crippen LogP contribution in [-0.2, 0) is 19.0 Å². The first-order chi connectivity index (χ1) is 9.97. The van der Waals surface area contributed by atoms with Gasteiger partial charge in [-0.3, -0.25) is 0 Å². The first kappa shape index (κ1) is 14.1. The van der Waals surface area contributed by atoms with Gasteiger partial charge >= 0.3 is 6.18 Å². The molecular formula is C15H16F3N3. The summed E-state index contributed by atoms with van der Waals surface area (Å²) in [5.41, 5.74) is 7.45. The number of aryl methyl sites for hydroxylation is 1. The maximum absolute atomic E-state index is 12.8. The van der Waals surface area contributed by atoms with E-state index in [9.17, 15) is 13.2 Å². The number of imidazole rings is 1. The molecule has 3 N–H and O–H groups in total. The number of aromatic nitrogens is 2. The maximum atomic E-state index is 12.8. The number of rotatable bonds is 2. The Balaban J connectivity index is 1.94. The van der Waals surface area contributed by atoms with Crippen molar-refractivity contribution in [2.24, 2.45) is 11.7 Å². The molecule has 0 saturated heterocycles. The molecule has 1 atom stereocenters. The van der Waals surface area contributed by atoms with E-state index < -0.39 is 11.7 Å². The number of aromatic amines is 1. The predicted molar refractivity (Wildman–Crippen MR) is 73.6 cm³/mol. The highest BCUT2D eigenvalue weighted by molar-refractivity contribution is 5.57. The fourth-order valence-corrected chi connectivity index (χ4v) is 2.73. The smallest absolute Gasteiger partial charge is 0.342 e. The molecule has 1 heterocycles.